The summed E-state index contributed by atoms with van der Waals surface area (Å²) in [5.74, 6) is 0.374. The van der Waals surface area contributed by atoms with E-state index >= 15 is 0 Å². The van der Waals surface area contributed by atoms with Crippen molar-refractivity contribution in [3.05, 3.63) is 60.5 Å². The van der Waals surface area contributed by atoms with Gasteiger partial charge in [-0.3, -0.25) is 4.79 Å². The maximum Gasteiger partial charge on any atom is 0.270 e. The summed E-state index contributed by atoms with van der Waals surface area (Å²) in [6.07, 6.45) is 1.14. The third kappa shape index (κ3) is 3.26. The molecule has 1 saturated heterocycles. The lowest BCUT2D eigenvalue weighted by Gasteiger charge is -2.14. The Morgan fingerprint density at radius 1 is 1.27 bits per heavy atom. The minimum Gasteiger partial charge on any atom is -0.463 e. The quantitative estimate of drug-likeness (QED) is 0.646. The summed E-state index contributed by atoms with van der Waals surface area (Å²) in [4.78, 5) is 12.8. The Kier molecular flexibility index (Phi) is 4.55. The van der Waals surface area contributed by atoms with Crippen molar-refractivity contribution in [2.45, 2.75) is 6.10 Å². The predicted octanol–water partition coefficient (Wildman–Crippen LogP) is 1.44. The number of para-hydroxylation sites is 1. The number of amides is 1. The molecule has 4 rings (SSSR count). The van der Waals surface area contributed by atoms with Gasteiger partial charge >= 0.3 is 0 Å². The average Bonchev–Trinajstić information content (AvgIpc) is 3.41. The zero-order valence-electron chi connectivity index (χ0n) is 14.1. The van der Waals surface area contributed by atoms with Crippen LogP contribution in [0.5, 0.6) is 0 Å². The number of aliphatic hydroxyl groups is 1. The lowest BCUT2D eigenvalue weighted by molar-refractivity contribution is 0.0919. The van der Waals surface area contributed by atoms with E-state index in [1.165, 1.54) is 0 Å². The molecule has 7 heteroatoms. The van der Waals surface area contributed by atoms with E-state index in [0.717, 1.165) is 5.69 Å². The molecular formula is C19H20N4O3. The van der Waals surface area contributed by atoms with Crippen LogP contribution in [0.2, 0.25) is 0 Å². The molecule has 1 amide bonds. The second-order valence-electron chi connectivity index (χ2n) is 6.34. The van der Waals surface area contributed by atoms with Crippen molar-refractivity contribution in [3.63, 3.8) is 0 Å². The topological polar surface area (TPSA) is 92.3 Å². The Labute approximate surface area is 150 Å². The van der Waals surface area contributed by atoms with Gasteiger partial charge in [-0.05, 0) is 24.3 Å². The van der Waals surface area contributed by atoms with Crippen molar-refractivity contribution in [1.82, 2.24) is 20.4 Å². The maximum atomic E-state index is 12.8. The summed E-state index contributed by atoms with van der Waals surface area (Å²) in [6, 6.07) is 14.8. The number of aliphatic hydroxyl groups excluding tert-OH is 1. The number of aromatic nitrogens is 2. The largest absolute Gasteiger partial charge is 0.463 e. The lowest BCUT2D eigenvalue weighted by Crippen LogP contribution is -2.35. The number of rotatable bonds is 5. The van der Waals surface area contributed by atoms with Crippen molar-refractivity contribution in [3.8, 4) is 17.1 Å². The molecule has 3 aromatic rings. The van der Waals surface area contributed by atoms with Crippen LogP contribution in [-0.2, 0) is 0 Å². The molecule has 2 aromatic heterocycles. The molecular weight excluding hydrogens is 332 g/mol. The van der Waals surface area contributed by atoms with E-state index in [1.54, 1.807) is 29.1 Å². The molecule has 1 aromatic carbocycles. The average molecular weight is 352 g/mol. The first-order valence-electron chi connectivity index (χ1n) is 8.59. The standard InChI is InChI=1S/C19H20N4O3/c24-17-12-20-10-13(17)11-21-19(25)16-9-15(18-7-4-8-26-18)22-23(16)14-5-2-1-3-6-14/h1-9,13,17,20,24H,10-12H2,(H,21,25). The molecule has 3 N–H and O–H groups in total. The molecule has 0 saturated carbocycles. The van der Waals surface area contributed by atoms with Crippen molar-refractivity contribution >= 4 is 5.91 Å². The minimum atomic E-state index is -0.437. The highest BCUT2D eigenvalue weighted by molar-refractivity contribution is 5.94. The van der Waals surface area contributed by atoms with Gasteiger partial charge in [-0.1, -0.05) is 18.2 Å². The van der Waals surface area contributed by atoms with Crippen molar-refractivity contribution < 1.29 is 14.3 Å². The van der Waals surface area contributed by atoms with Crippen LogP contribution in [0.3, 0.4) is 0 Å². The molecule has 1 aliphatic heterocycles. The second kappa shape index (κ2) is 7.15. The first-order valence-corrected chi connectivity index (χ1v) is 8.59. The summed E-state index contributed by atoms with van der Waals surface area (Å²) < 4.78 is 7.02. The molecule has 0 aliphatic carbocycles. The Bertz CT molecular complexity index is 874. The van der Waals surface area contributed by atoms with Gasteiger partial charge in [-0.15, -0.1) is 0 Å². The second-order valence-corrected chi connectivity index (χ2v) is 6.34. The zero-order chi connectivity index (χ0) is 17.9. The molecule has 7 nitrogen and oxygen atoms in total. The summed E-state index contributed by atoms with van der Waals surface area (Å²) in [6.45, 7) is 1.66. The number of furan rings is 1. The number of benzene rings is 1. The van der Waals surface area contributed by atoms with E-state index in [-0.39, 0.29) is 11.8 Å². The van der Waals surface area contributed by atoms with Gasteiger partial charge in [0.2, 0.25) is 0 Å². The van der Waals surface area contributed by atoms with Gasteiger partial charge in [0.05, 0.1) is 18.1 Å². The maximum absolute atomic E-state index is 12.8. The molecule has 2 atom stereocenters. The van der Waals surface area contributed by atoms with Crippen LogP contribution in [0.15, 0.2) is 59.2 Å². The Morgan fingerprint density at radius 2 is 2.12 bits per heavy atom. The molecule has 26 heavy (non-hydrogen) atoms. The third-order valence-electron chi connectivity index (χ3n) is 4.55. The van der Waals surface area contributed by atoms with Crippen LogP contribution in [0.1, 0.15) is 10.5 Å². The van der Waals surface area contributed by atoms with Gasteiger partial charge < -0.3 is 20.2 Å². The number of β-amino-alcohol motifs (C(OH)–C–C–N with tert-alkyl or cyclic N) is 1. The van der Waals surface area contributed by atoms with Gasteiger partial charge in [0.25, 0.3) is 5.91 Å². The Balaban J connectivity index is 1.62. The normalized spacial score (nSPS) is 19.6. The minimum absolute atomic E-state index is 0.0107. The number of nitrogens with zero attached hydrogens (tertiary/aromatic N) is 2. The highest BCUT2D eigenvalue weighted by atomic mass is 16.3. The number of hydrogen-bond donors (Lipinski definition) is 3. The highest BCUT2D eigenvalue weighted by Crippen LogP contribution is 2.22. The molecule has 0 spiro atoms. The predicted molar refractivity (Wildman–Crippen MR) is 96.0 cm³/mol. The van der Waals surface area contributed by atoms with Crippen molar-refractivity contribution in [2.75, 3.05) is 19.6 Å². The SMILES string of the molecule is O=C(NCC1CNCC1O)c1cc(-c2ccco2)nn1-c1ccccc1. The van der Waals surface area contributed by atoms with Crippen LogP contribution in [0.25, 0.3) is 17.1 Å². The van der Waals surface area contributed by atoms with Gasteiger partial charge in [0.1, 0.15) is 11.4 Å². The van der Waals surface area contributed by atoms with E-state index in [0.29, 0.717) is 36.8 Å². The smallest absolute Gasteiger partial charge is 0.270 e. The van der Waals surface area contributed by atoms with Crippen LogP contribution < -0.4 is 10.6 Å². The van der Waals surface area contributed by atoms with E-state index in [9.17, 15) is 9.90 Å². The van der Waals surface area contributed by atoms with Crippen LogP contribution >= 0.6 is 0 Å². The van der Waals surface area contributed by atoms with E-state index in [2.05, 4.69) is 15.7 Å². The fraction of sp³-hybridized carbons (Fsp3) is 0.263. The van der Waals surface area contributed by atoms with Crippen LogP contribution in [0, 0.1) is 5.92 Å². The summed E-state index contributed by atoms with van der Waals surface area (Å²) in [7, 11) is 0. The molecule has 0 radical (unpaired) electrons. The zero-order valence-corrected chi connectivity index (χ0v) is 14.1. The summed E-state index contributed by atoms with van der Waals surface area (Å²) in [5.41, 5.74) is 1.80. The molecule has 0 bridgehead atoms. The van der Waals surface area contributed by atoms with Gasteiger partial charge in [0.15, 0.2) is 5.76 Å². The fourth-order valence-electron chi connectivity index (χ4n) is 3.10. The molecule has 1 aliphatic rings. The number of carbonyl (C=O) groups is 1. The summed E-state index contributed by atoms with van der Waals surface area (Å²) in [5, 5.41) is 20.5. The van der Waals surface area contributed by atoms with Crippen molar-refractivity contribution in [2.24, 2.45) is 5.92 Å². The van der Waals surface area contributed by atoms with Crippen LogP contribution in [0.4, 0.5) is 0 Å². The lowest BCUT2D eigenvalue weighted by atomic mass is 10.1. The van der Waals surface area contributed by atoms with E-state index < -0.39 is 6.10 Å². The van der Waals surface area contributed by atoms with Crippen LogP contribution in [-0.4, -0.2) is 46.5 Å². The van der Waals surface area contributed by atoms with Gasteiger partial charge in [-0.25, -0.2) is 4.68 Å². The van der Waals surface area contributed by atoms with Gasteiger partial charge in [-0.2, -0.15) is 5.10 Å². The number of carbonyl (C=O) groups excluding carboxylic acids is 1. The first-order chi connectivity index (χ1) is 12.7. The first kappa shape index (κ1) is 16.6. The van der Waals surface area contributed by atoms with E-state index in [4.69, 9.17) is 4.42 Å². The molecule has 2 unspecified atom stereocenters. The molecule has 134 valence electrons. The Hall–Kier alpha value is -2.90. The number of nitrogens with one attached hydrogen (secondary N) is 2. The highest BCUT2D eigenvalue weighted by Gasteiger charge is 2.26. The molecule has 1 fully saturated rings. The fourth-order valence-corrected chi connectivity index (χ4v) is 3.10. The Morgan fingerprint density at radius 3 is 2.81 bits per heavy atom. The molecule has 3 heterocycles. The number of hydrogen-bond acceptors (Lipinski definition) is 5. The monoisotopic (exact) mass is 352 g/mol. The third-order valence-corrected chi connectivity index (χ3v) is 4.55. The van der Waals surface area contributed by atoms with Crippen molar-refractivity contribution in [1.29, 1.82) is 0 Å². The van der Waals surface area contributed by atoms with Gasteiger partial charge in [0, 0.05) is 31.6 Å². The van der Waals surface area contributed by atoms with E-state index in [1.807, 2.05) is 30.3 Å². The summed E-state index contributed by atoms with van der Waals surface area (Å²) >= 11 is 0.